The second kappa shape index (κ2) is 4.78. The van der Waals surface area contributed by atoms with Crippen molar-refractivity contribution in [1.82, 2.24) is 5.32 Å². The summed E-state index contributed by atoms with van der Waals surface area (Å²) < 4.78 is 0. The van der Waals surface area contributed by atoms with Crippen molar-refractivity contribution in [2.75, 3.05) is 20.1 Å². The first-order valence-corrected chi connectivity index (χ1v) is 2.89. The summed E-state index contributed by atoms with van der Waals surface area (Å²) in [5.41, 5.74) is 1.15. The van der Waals surface area contributed by atoms with Crippen molar-refractivity contribution in [3.63, 3.8) is 0 Å². The first-order valence-electron chi connectivity index (χ1n) is 2.89. The first kappa shape index (κ1) is 7.63. The molecule has 0 saturated heterocycles. The molecule has 0 fully saturated rings. The highest BCUT2D eigenvalue weighted by Gasteiger charge is 1.76. The zero-order chi connectivity index (χ0) is 6.41. The summed E-state index contributed by atoms with van der Waals surface area (Å²) in [5.74, 6) is 0. The molecule has 48 valence electrons. The van der Waals surface area contributed by atoms with Gasteiger partial charge in [0.25, 0.3) is 0 Å². The fourth-order valence-electron chi connectivity index (χ4n) is 0.391. The van der Waals surface area contributed by atoms with E-state index in [-0.39, 0.29) is 0 Å². The minimum atomic E-state index is 0.902. The maximum atomic E-state index is 4.17. The lowest BCUT2D eigenvalue weighted by molar-refractivity contribution is 0.802. The molecule has 0 saturated carbocycles. The van der Waals surface area contributed by atoms with E-state index in [0.29, 0.717) is 0 Å². The van der Waals surface area contributed by atoms with Crippen LogP contribution in [0.4, 0.5) is 0 Å². The molecule has 0 radical (unpaired) electrons. The Bertz CT molecular complexity index is 72.6. The van der Waals surface area contributed by atoms with Crippen LogP contribution >= 0.6 is 0 Å². The van der Waals surface area contributed by atoms with Gasteiger partial charge in [-0.05, 0) is 20.9 Å². The molecule has 0 amide bonds. The van der Waals surface area contributed by atoms with E-state index in [9.17, 15) is 0 Å². The van der Waals surface area contributed by atoms with Gasteiger partial charge in [-0.15, -0.1) is 0 Å². The molecule has 0 aromatic rings. The van der Waals surface area contributed by atoms with Gasteiger partial charge in [0.1, 0.15) is 0 Å². The molecule has 0 rings (SSSR count). The molecule has 2 nitrogen and oxygen atoms in total. The number of rotatable bonds is 3. The molecule has 0 atom stereocenters. The van der Waals surface area contributed by atoms with Gasteiger partial charge in [0.05, 0.1) is 6.54 Å². The molecular weight excluding hydrogens is 100 g/mol. The van der Waals surface area contributed by atoms with E-state index in [1.165, 1.54) is 0 Å². The Morgan fingerprint density at radius 3 is 2.50 bits per heavy atom. The Kier molecular flexibility index (Phi) is 4.56. The third-order valence-corrected chi connectivity index (χ3v) is 0.790. The van der Waals surface area contributed by atoms with E-state index >= 15 is 0 Å². The van der Waals surface area contributed by atoms with Crippen molar-refractivity contribution >= 4 is 5.71 Å². The van der Waals surface area contributed by atoms with E-state index in [0.717, 1.165) is 18.8 Å². The summed E-state index contributed by atoms with van der Waals surface area (Å²) >= 11 is 0. The maximum Gasteiger partial charge on any atom is 0.0513 e. The van der Waals surface area contributed by atoms with Gasteiger partial charge in [0.15, 0.2) is 0 Å². The molecule has 0 aliphatic rings. The lowest BCUT2D eigenvalue weighted by atomic mass is 10.5. The van der Waals surface area contributed by atoms with Crippen LogP contribution in [0.25, 0.3) is 0 Å². The van der Waals surface area contributed by atoms with E-state index in [4.69, 9.17) is 0 Å². The van der Waals surface area contributed by atoms with Crippen LogP contribution in [-0.2, 0) is 0 Å². The van der Waals surface area contributed by atoms with Gasteiger partial charge in [-0.2, -0.15) is 0 Å². The molecule has 0 aromatic carbocycles. The Morgan fingerprint density at radius 2 is 2.12 bits per heavy atom. The van der Waals surface area contributed by atoms with Crippen molar-refractivity contribution in [2.45, 2.75) is 13.8 Å². The highest BCUT2D eigenvalue weighted by Crippen LogP contribution is 1.72. The summed E-state index contributed by atoms with van der Waals surface area (Å²) in [6.45, 7) is 5.90. The molecule has 2 heteroatoms. The van der Waals surface area contributed by atoms with Crippen molar-refractivity contribution in [2.24, 2.45) is 4.99 Å². The predicted molar refractivity (Wildman–Crippen MR) is 37.6 cm³/mol. The minimum absolute atomic E-state index is 0.902. The van der Waals surface area contributed by atoms with Crippen molar-refractivity contribution in [3.8, 4) is 0 Å². The third kappa shape index (κ3) is 5.63. The molecule has 8 heavy (non-hydrogen) atoms. The molecule has 0 spiro atoms. The second-order valence-electron chi connectivity index (χ2n) is 1.93. The molecule has 0 aliphatic heterocycles. The standard InChI is InChI=1S/C6H14N2/c1-6(2)8-5-4-7-3/h7H,4-5H2,1-3H3. The fourth-order valence-corrected chi connectivity index (χ4v) is 0.391. The molecule has 1 N–H and O–H groups in total. The van der Waals surface area contributed by atoms with Crippen LogP contribution < -0.4 is 5.32 Å². The Balaban J connectivity index is 3.03. The van der Waals surface area contributed by atoms with Gasteiger partial charge >= 0.3 is 0 Å². The van der Waals surface area contributed by atoms with Crippen molar-refractivity contribution in [1.29, 1.82) is 0 Å². The zero-order valence-electron chi connectivity index (χ0n) is 5.86. The molecule has 0 aromatic heterocycles. The van der Waals surface area contributed by atoms with Crippen molar-refractivity contribution in [3.05, 3.63) is 0 Å². The SMILES string of the molecule is CNCCN=C(C)C. The van der Waals surface area contributed by atoms with E-state index < -0.39 is 0 Å². The van der Waals surface area contributed by atoms with Gasteiger partial charge in [-0.1, -0.05) is 0 Å². The van der Waals surface area contributed by atoms with Gasteiger partial charge < -0.3 is 5.32 Å². The van der Waals surface area contributed by atoms with E-state index in [2.05, 4.69) is 10.3 Å². The van der Waals surface area contributed by atoms with Gasteiger partial charge in [-0.25, -0.2) is 0 Å². The number of hydrogen-bond donors (Lipinski definition) is 1. The van der Waals surface area contributed by atoms with Crippen LogP contribution in [0.3, 0.4) is 0 Å². The summed E-state index contributed by atoms with van der Waals surface area (Å²) in [7, 11) is 1.93. The smallest absolute Gasteiger partial charge is 0.0513 e. The molecule has 0 heterocycles. The lowest BCUT2D eigenvalue weighted by Gasteiger charge is -1.91. The number of aliphatic imine (C=N–C) groups is 1. The normalized spacial score (nSPS) is 8.88. The average molecular weight is 114 g/mol. The van der Waals surface area contributed by atoms with Gasteiger partial charge in [0, 0.05) is 12.3 Å². The average Bonchev–Trinajstić information content (AvgIpc) is 1.66. The quantitative estimate of drug-likeness (QED) is 0.423. The minimum Gasteiger partial charge on any atom is -0.318 e. The van der Waals surface area contributed by atoms with Crippen LogP contribution in [0, 0.1) is 0 Å². The predicted octanol–water partition coefficient (Wildman–Crippen LogP) is 0.687. The van der Waals surface area contributed by atoms with Gasteiger partial charge in [0.2, 0.25) is 0 Å². The largest absolute Gasteiger partial charge is 0.318 e. The molecule has 0 unspecified atom stereocenters. The highest BCUT2D eigenvalue weighted by atomic mass is 14.9. The Hall–Kier alpha value is -0.370. The molecule has 0 bridgehead atoms. The Labute approximate surface area is 51.0 Å². The van der Waals surface area contributed by atoms with E-state index in [1.54, 1.807) is 0 Å². The maximum absolute atomic E-state index is 4.17. The third-order valence-electron chi connectivity index (χ3n) is 0.790. The monoisotopic (exact) mass is 114 g/mol. The van der Waals surface area contributed by atoms with Gasteiger partial charge in [-0.3, -0.25) is 4.99 Å². The second-order valence-corrected chi connectivity index (χ2v) is 1.93. The summed E-state index contributed by atoms with van der Waals surface area (Å²) in [6.07, 6.45) is 0. The first-order chi connectivity index (χ1) is 3.77. The van der Waals surface area contributed by atoms with Crippen LogP contribution in [-0.4, -0.2) is 25.8 Å². The summed E-state index contributed by atoms with van der Waals surface area (Å²) in [5, 5.41) is 3.02. The van der Waals surface area contributed by atoms with Crippen LogP contribution in [0.15, 0.2) is 4.99 Å². The van der Waals surface area contributed by atoms with Crippen LogP contribution in [0.2, 0.25) is 0 Å². The lowest BCUT2D eigenvalue weighted by Crippen LogP contribution is -2.10. The molecular formula is C6H14N2. The number of hydrogen-bond acceptors (Lipinski definition) is 2. The fraction of sp³-hybridized carbons (Fsp3) is 0.833. The van der Waals surface area contributed by atoms with Crippen LogP contribution in [0.1, 0.15) is 13.8 Å². The summed E-state index contributed by atoms with van der Waals surface area (Å²) in [4.78, 5) is 4.17. The van der Waals surface area contributed by atoms with Crippen LogP contribution in [0.5, 0.6) is 0 Å². The van der Waals surface area contributed by atoms with Crippen molar-refractivity contribution < 1.29 is 0 Å². The number of nitrogens with one attached hydrogen (secondary N) is 1. The number of likely N-dealkylation sites (N-methyl/N-ethyl adjacent to an activating group) is 1. The number of nitrogens with zero attached hydrogens (tertiary/aromatic N) is 1. The molecule has 0 aliphatic carbocycles. The zero-order valence-corrected chi connectivity index (χ0v) is 5.86. The Morgan fingerprint density at radius 1 is 1.50 bits per heavy atom. The summed E-state index contributed by atoms with van der Waals surface area (Å²) in [6, 6.07) is 0. The topological polar surface area (TPSA) is 24.4 Å². The van der Waals surface area contributed by atoms with E-state index in [1.807, 2.05) is 20.9 Å². The highest BCUT2D eigenvalue weighted by molar-refractivity contribution is 5.79.